The fraction of sp³-hybridized carbons (Fsp3) is 0.350. The Kier molecular flexibility index (Phi) is 6.17. The minimum Gasteiger partial charge on any atom is -0.496 e. The van der Waals surface area contributed by atoms with Crippen LogP contribution in [0.1, 0.15) is 17.2 Å². The third kappa shape index (κ3) is 4.92. The van der Waals surface area contributed by atoms with Gasteiger partial charge in [-0.15, -0.1) is 13.2 Å². The Labute approximate surface area is 165 Å². The summed E-state index contributed by atoms with van der Waals surface area (Å²) in [6.07, 6.45) is -4.76. The number of ether oxygens (including phenoxy) is 4. The zero-order valence-corrected chi connectivity index (χ0v) is 15.9. The van der Waals surface area contributed by atoms with Crippen molar-refractivity contribution >= 4 is 5.91 Å². The highest BCUT2D eigenvalue weighted by molar-refractivity contribution is 5.79. The molecule has 0 saturated carbocycles. The summed E-state index contributed by atoms with van der Waals surface area (Å²) in [6.45, 7) is 0.335. The highest BCUT2D eigenvalue weighted by Crippen LogP contribution is 2.39. The molecule has 3 rings (SSSR count). The zero-order chi connectivity index (χ0) is 21.0. The third-order valence-corrected chi connectivity index (χ3v) is 4.51. The minimum atomic E-state index is -4.76. The van der Waals surface area contributed by atoms with Crippen LogP contribution < -0.4 is 14.2 Å². The number of nitrogens with zero attached hydrogens (tertiary/aromatic N) is 1. The number of methoxy groups -OCH3 is 2. The number of carbonyl (C=O) groups is 1. The van der Waals surface area contributed by atoms with Gasteiger partial charge in [0.2, 0.25) is 5.91 Å². The van der Waals surface area contributed by atoms with Gasteiger partial charge in [-0.3, -0.25) is 4.79 Å². The van der Waals surface area contributed by atoms with Gasteiger partial charge in [-0.25, -0.2) is 0 Å². The Morgan fingerprint density at radius 1 is 1.07 bits per heavy atom. The van der Waals surface area contributed by atoms with E-state index in [9.17, 15) is 18.0 Å². The highest BCUT2D eigenvalue weighted by atomic mass is 19.4. The largest absolute Gasteiger partial charge is 0.573 e. The molecule has 1 fully saturated rings. The first kappa shape index (κ1) is 20.8. The van der Waals surface area contributed by atoms with E-state index in [1.807, 2.05) is 0 Å². The summed E-state index contributed by atoms with van der Waals surface area (Å²) in [4.78, 5) is 14.2. The molecule has 1 aliphatic heterocycles. The van der Waals surface area contributed by atoms with Gasteiger partial charge in [0.15, 0.2) is 0 Å². The minimum absolute atomic E-state index is 0.0801. The van der Waals surface area contributed by atoms with Gasteiger partial charge in [0, 0.05) is 6.54 Å². The number of morpholine rings is 1. The lowest BCUT2D eigenvalue weighted by molar-refractivity contribution is -0.274. The summed E-state index contributed by atoms with van der Waals surface area (Å²) in [5, 5.41) is 0. The molecule has 1 atom stereocenters. The molecule has 0 N–H and O–H groups in total. The molecule has 1 amide bonds. The number of hydrogen-bond acceptors (Lipinski definition) is 5. The Hall–Kier alpha value is -2.94. The summed E-state index contributed by atoms with van der Waals surface area (Å²) < 4.78 is 57.2. The predicted molar refractivity (Wildman–Crippen MR) is 96.8 cm³/mol. The van der Waals surface area contributed by atoms with E-state index in [2.05, 4.69) is 4.74 Å². The molecule has 156 valence electrons. The first-order valence-electron chi connectivity index (χ1n) is 8.75. The lowest BCUT2D eigenvalue weighted by Crippen LogP contribution is -2.43. The number of hydrogen-bond donors (Lipinski definition) is 0. The maximum absolute atomic E-state index is 12.6. The quantitative estimate of drug-likeness (QED) is 0.726. The average Bonchev–Trinajstić information content (AvgIpc) is 2.69. The molecule has 0 bridgehead atoms. The summed E-state index contributed by atoms with van der Waals surface area (Å²) in [5.41, 5.74) is 1.32. The number of benzene rings is 2. The molecule has 1 aliphatic rings. The topological polar surface area (TPSA) is 57.2 Å². The predicted octanol–water partition coefficient (Wildman–Crippen LogP) is 3.70. The molecule has 0 spiro atoms. The number of halogens is 3. The average molecular weight is 411 g/mol. The SMILES string of the molecule is COc1cccc(OC)c1[C@H]1COCC(=O)N1Cc1ccc(OC(F)(F)F)cc1. The van der Waals surface area contributed by atoms with Gasteiger partial charge in [0.25, 0.3) is 0 Å². The molecule has 1 saturated heterocycles. The van der Waals surface area contributed by atoms with Gasteiger partial charge in [-0.1, -0.05) is 18.2 Å². The molecule has 9 heteroatoms. The van der Waals surface area contributed by atoms with Crippen molar-refractivity contribution in [2.45, 2.75) is 18.9 Å². The number of amides is 1. The maximum Gasteiger partial charge on any atom is 0.573 e. The first-order valence-corrected chi connectivity index (χ1v) is 8.75. The van der Waals surface area contributed by atoms with E-state index in [4.69, 9.17) is 14.2 Å². The molecule has 2 aromatic carbocycles. The van der Waals surface area contributed by atoms with Crippen LogP contribution in [-0.2, 0) is 16.1 Å². The van der Waals surface area contributed by atoms with Crippen molar-refractivity contribution in [3.05, 3.63) is 53.6 Å². The Morgan fingerprint density at radius 2 is 1.69 bits per heavy atom. The van der Waals surface area contributed by atoms with E-state index < -0.39 is 12.4 Å². The number of alkyl halides is 3. The lowest BCUT2D eigenvalue weighted by Gasteiger charge is -2.37. The van der Waals surface area contributed by atoms with Crippen LogP contribution in [0.4, 0.5) is 13.2 Å². The van der Waals surface area contributed by atoms with Crippen molar-refractivity contribution in [3.63, 3.8) is 0 Å². The summed E-state index contributed by atoms with van der Waals surface area (Å²) in [6, 6.07) is 10.2. The van der Waals surface area contributed by atoms with Crippen LogP contribution in [0, 0.1) is 0 Å². The van der Waals surface area contributed by atoms with Gasteiger partial charge in [-0.05, 0) is 29.8 Å². The Bertz CT molecular complexity index is 832. The number of carbonyl (C=O) groups excluding carboxylic acids is 1. The van der Waals surface area contributed by atoms with Crippen LogP contribution in [0.15, 0.2) is 42.5 Å². The van der Waals surface area contributed by atoms with Gasteiger partial charge < -0.3 is 23.8 Å². The molecule has 0 unspecified atom stereocenters. The fourth-order valence-electron chi connectivity index (χ4n) is 3.24. The summed E-state index contributed by atoms with van der Waals surface area (Å²) in [5.74, 6) is 0.528. The standard InChI is InChI=1S/C20H20F3NO5/c1-26-16-4-3-5-17(27-2)19(16)15-11-28-12-18(25)24(15)10-13-6-8-14(9-7-13)29-20(21,22)23/h3-9,15H,10-12H2,1-2H3/t15-/m1/s1. The van der Waals surface area contributed by atoms with Crippen molar-refractivity contribution in [2.75, 3.05) is 27.4 Å². The van der Waals surface area contributed by atoms with E-state index in [0.717, 1.165) is 0 Å². The van der Waals surface area contributed by atoms with Gasteiger partial charge in [0.05, 0.1) is 32.4 Å². The highest BCUT2D eigenvalue weighted by Gasteiger charge is 2.34. The van der Waals surface area contributed by atoms with E-state index in [1.54, 1.807) is 23.1 Å². The van der Waals surface area contributed by atoms with E-state index in [1.165, 1.54) is 38.5 Å². The molecule has 2 aromatic rings. The zero-order valence-electron chi connectivity index (χ0n) is 15.9. The normalized spacial score (nSPS) is 17.2. The second-order valence-corrected chi connectivity index (χ2v) is 6.32. The van der Waals surface area contributed by atoms with Gasteiger partial charge in [-0.2, -0.15) is 0 Å². The van der Waals surface area contributed by atoms with Crippen LogP contribution in [0.2, 0.25) is 0 Å². The van der Waals surface area contributed by atoms with Crippen LogP contribution in [0.3, 0.4) is 0 Å². The molecule has 6 nitrogen and oxygen atoms in total. The van der Waals surface area contributed by atoms with Crippen LogP contribution >= 0.6 is 0 Å². The van der Waals surface area contributed by atoms with E-state index in [0.29, 0.717) is 22.6 Å². The Morgan fingerprint density at radius 3 is 2.24 bits per heavy atom. The maximum atomic E-state index is 12.6. The fourth-order valence-corrected chi connectivity index (χ4v) is 3.24. The lowest BCUT2D eigenvalue weighted by atomic mass is 10.0. The Balaban J connectivity index is 1.88. The van der Waals surface area contributed by atoms with Crippen molar-refractivity contribution < 1.29 is 36.9 Å². The summed E-state index contributed by atoms with van der Waals surface area (Å²) in [7, 11) is 3.04. The van der Waals surface area contributed by atoms with Crippen molar-refractivity contribution in [1.29, 1.82) is 0 Å². The van der Waals surface area contributed by atoms with Gasteiger partial charge in [0.1, 0.15) is 23.9 Å². The van der Waals surface area contributed by atoms with E-state index >= 15 is 0 Å². The second kappa shape index (κ2) is 8.60. The molecule has 1 heterocycles. The number of rotatable bonds is 6. The first-order chi connectivity index (χ1) is 13.8. The van der Waals surface area contributed by atoms with Crippen LogP contribution in [0.5, 0.6) is 17.2 Å². The van der Waals surface area contributed by atoms with Crippen LogP contribution in [-0.4, -0.2) is 44.6 Å². The second-order valence-electron chi connectivity index (χ2n) is 6.32. The monoisotopic (exact) mass is 411 g/mol. The van der Waals surface area contributed by atoms with Crippen molar-refractivity contribution in [1.82, 2.24) is 4.90 Å². The van der Waals surface area contributed by atoms with Crippen molar-refractivity contribution in [3.8, 4) is 17.2 Å². The van der Waals surface area contributed by atoms with Crippen LogP contribution in [0.25, 0.3) is 0 Å². The molecule has 0 aromatic heterocycles. The van der Waals surface area contributed by atoms with Crippen molar-refractivity contribution in [2.24, 2.45) is 0 Å². The smallest absolute Gasteiger partial charge is 0.496 e. The summed E-state index contributed by atoms with van der Waals surface area (Å²) >= 11 is 0. The van der Waals surface area contributed by atoms with E-state index in [-0.39, 0.29) is 31.4 Å². The molecule has 29 heavy (non-hydrogen) atoms. The molecular formula is C20H20F3NO5. The van der Waals surface area contributed by atoms with Gasteiger partial charge >= 0.3 is 6.36 Å². The molecule has 0 aliphatic carbocycles. The third-order valence-electron chi connectivity index (χ3n) is 4.51. The molecule has 0 radical (unpaired) electrons. The molecular weight excluding hydrogens is 391 g/mol.